The molecule has 0 spiro atoms. The van der Waals surface area contributed by atoms with Crippen molar-refractivity contribution in [2.45, 2.75) is 32.7 Å². The van der Waals surface area contributed by atoms with E-state index in [0.29, 0.717) is 26.2 Å². The lowest BCUT2D eigenvalue weighted by Crippen LogP contribution is -2.23. The molecule has 0 aliphatic rings. The fraction of sp³-hybridized carbons (Fsp3) is 0.571. The van der Waals surface area contributed by atoms with Gasteiger partial charge in [0, 0.05) is 24.8 Å². The molecular formula is C14H20F3NO. The summed E-state index contributed by atoms with van der Waals surface area (Å²) in [4.78, 5) is 0. The van der Waals surface area contributed by atoms with Gasteiger partial charge in [-0.05, 0) is 32.4 Å². The van der Waals surface area contributed by atoms with Crippen molar-refractivity contribution >= 4 is 0 Å². The predicted molar refractivity (Wildman–Crippen MR) is 68.5 cm³/mol. The molecule has 5 heteroatoms. The largest absolute Gasteiger partial charge is 0.382 e. The number of ether oxygens (including phenoxy) is 1. The first-order chi connectivity index (χ1) is 9.11. The first-order valence-corrected chi connectivity index (χ1v) is 6.56. The summed E-state index contributed by atoms with van der Waals surface area (Å²) in [5, 5.41) is 3.08. The van der Waals surface area contributed by atoms with E-state index in [1.807, 2.05) is 13.8 Å². The summed E-state index contributed by atoms with van der Waals surface area (Å²) < 4.78 is 45.1. The van der Waals surface area contributed by atoms with Crippen molar-refractivity contribution in [1.29, 1.82) is 0 Å². The molecule has 19 heavy (non-hydrogen) atoms. The van der Waals surface area contributed by atoms with Crippen LogP contribution in [0.25, 0.3) is 0 Å². The van der Waals surface area contributed by atoms with E-state index in [1.54, 1.807) is 0 Å². The van der Waals surface area contributed by atoms with Gasteiger partial charge in [0.05, 0.1) is 0 Å². The average Bonchev–Trinajstić information content (AvgIpc) is 2.40. The van der Waals surface area contributed by atoms with Crippen molar-refractivity contribution in [3.8, 4) is 0 Å². The molecule has 0 bridgehead atoms. The van der Waals surface area contributed by atoms with Gasteiger partial charge in [-0.15, -0.1) is 0 Å². The second-order valence-corrected chi connectivity index (χ2v) is 4.21. The maximum Gasteiger partial charge on any atom is 0.194 e. The summed E-state index contributed by atoms with van der Waals surface area (Å²) in [7, 11) is 0. The smallest absolute Gasteiger partial charge is 0.194 e. The standard InChI is InChI=1S/C14H20F3NO/c1-3-18-12(6-5-9-19-4-2)10-7-8-11(15)14(17)13(10)16/h7-8,12,18H,3-6,9H2,1-2H3. The van der Waals surface area contributed by atoms with E-state index in [2.05, 4.69) is 5.32 Å². The molecule has 1 aromatic rings. The van der Waals surface area contributed by atoms with E-state index < -0.39 is 17.5 Å². The van der Waals surface area contributed by atoms with E-state index in [0.717, 1.165) is 12.5 Å². The van der Waals surface area contributed by atoms with Crippen molar-refractivity contribution in [2.24, 2.45) is 0 Å². The van der Waals surface area contributed by atoms with Crippen LogP contribution in [0, 0.1) is 17.5 Å². The Morgan fingerprint density at radius 2 is 1.89 bits per heavy atom. The molecule has 2 nitrogen and oxygen atoms in total. The van der Waals surface area contributed by atoms with Crippen LogP contribution in [-0.2, 0) is 4.74 Å². The molecule has 0 aliphatic carbocycles. The number of rotatable bonds is 8. The van der Waals surface area contributed by atoms with Crippen LogP contribution in [0.1, 0.15) is 38.3 Å². The zero-order valence-electron chi connectivity index (χ0n) is 11.3. The van der Waals surface area contributed by atoms with E-state index in [4.69, 9.17) is 4.74 Å². The summed E-state index contributed by atoms with van der Waals surface area (Å²) in [5.41, 5.74) is 0.164. The van der Waals surface area contributed by atoms with Crippen LogP contribution in [0.15, 0.2) is 12.1 Å². The molecule has 1 rings (SSSR count). The van der Waals surface area contributed by atoms with E-state index in [1.165, 1.54) is 6.07 Å². The van der Waals surface area contributed by atoms with Crippen LogP contribution in [0.4, 0.5) is 13.2 Å². The fourth-order valence-electron chi connectivity index (χ4n) is 1.96. The third-order valence-corrected chi connectivity index (χ3v) is 2.88. The fourth-order valence-corrected chi connectivity index (χ4v) is 1.96. The highest BCUT2D eigenvalue weighted by atomic mass is 19.2. The van der Waals surface area contributed by atoms with Gasteiger partial charge in [0.1, 0.15) is 0 Å². The van der Waals surface area contributed by atoms with Crippen molar-refractivity contribution in [3.63, 3.8) is 0 Å². The predicted octanol–water partition coefficient (Wildman–Crippen LogP) is 3.57. The van der Waals surface area contributed by atoms with Crippen molar-refractivity contribution in [1.82, 2.24) is 5.32 Å². The van der Waals surface area contributed by atoms with Gasteiger partial charge in [-0.1, -0.05) is 13.0 Å². The van der Waals surface area contributed by atoms with Gasteiger partial charge in [0.15, 0.2) is 17.5 Å². The summed E-state index contributed by atoms with van der Waals surface area (Å²) >= 11 is 0. The second kappa shape index (κ2) is 8.17. The molecule has 0 saturated carbocycles. The number of nitrogens with one attached hydrogen (secondary N) is 1. The Hall–Kier alpha value is -1.07. The maximum absolute atomic E-state index is 13.7. The van der Waals surface area contributed by atoms with Crippen LogP contribution in [0.5, 0.6) is 0 Å². The van der Waals surface area contributed by atoms with Crippen LogP contribution in [0.3, 0.4) is 0 Å². The third kappa shape index (κ3) is 4.51. The molecule has 0 fully saturated rings. The molecule has 108 valence electrons. The van der Waals surface area contributed by atoms with Crippen molar-refractivity contribution in [3.05, 3.63) is 35.1 Å². The van der Waals surface area contributed by atoms with Crippen LogP contribution in [0.2, 0.25) is 0 Å². The molecule has 1 unspecified atom stereocenters. The van der Waals surface area contributed by atoms with Gasteiger partial charge in [-0.25, -0.2) is 13.2 Å². The number of halogens is 3. The quantitative estimate of drug-likeness (QED) is 0.578. The molecule has 1 N–H and O–H groups in total. The Bertz CT molecular complexity index is 399. The van der Waals surface area contributed by atoms with Crippen molar-refractivity contribution < 1.29 is 17.9 Å². The minimum atomic E-state index is -1.41. The lowest BCUT2D eigenvalue weighted by molar-refractivity contribution is 0.140. The Morgan fingerprint density at radius 1 is 1.16 bits per heavy atom. The molecule has 0 saturated heterocycles. The molecular weight excluding hydrogens is 255 g/mol. The van der Waals surface area contributed by atoms with Gasteiger partial charge in [0.25, 0.3) is 0 Å². The normalized spacial score (nSPS) is 12.7. The summed E-state index contributed by atoms with van der Waals surface area (Å²) in [6.45, 7) is 5.61. The third-order valence-electron chi connectivity index (χ3n) is 2.88. The van der Waals surface area contributed by atoms with Gasteiger partial charge < -0.3 is 10.1 Å². The molecule has 0 amide bonds. The highest BCUT2D eigenvalue weighted by Crippen LogP contribution is 2.24. The number of benzene rings is 1. The first kappa shape index (κ1) is 16.0. The number of hydrogen-bond donors (Lipinski definition) is 1. The second-order valence-electron chi connectivity index (χ2n) is 4.21. The van der Waals surface area contributed by atoms with E-state index in [9.17, 15) is 13.2 Å². The van der Waals surface area contributed by atoms with E-state index >= 15 is 0 Å². The SMILES string of the molecule is CCNC(CCCOCC)c1ccc(F)c(F)c1F. The van der Waals surface area contributed by atoms with Crippen LogP contribution >= 0.6 is 0 Å². The summed E-state index contributed by atoms with van der Waals surface area (Å²) in [6.07, 6.45) is 1.33. The van der Waals surface area contributed by atoms with Gasteiger partial charge in [-0.2, -0.15) is 0 Å². The summed E-state index contributed by atoms with van der Waals surface area (Å²) in [6, 6.07) is 1.92. The lowest BCUT2D eigenvalue weighted by Gasteiger charge is -2.19. The van der Waals surface area contributed by atoms with Gasteiger partial charge in [0.2, 0.25) is 0 Å². The molecule has 0 radical (unpaired) electrons. The summed E-state index contributed by atoms with van der Waals surface area (Å²) in [5.74, 6) is -3.68. The van der Waals surface area contributed by atoms with Gasteiger partial charge >= 0.3 is 0 Å². The van der Waals surface area contributed by atoms with Crippen LogP contribution < -0.4 is 5.32 Å². The molecule has 0 aromatic heterocycles. The zero-order chi connectivity index (χ0) is 14.3. The Morgan fingerprint density at radius 3 is 2.53 bits per heavy atom. The molecule has 0 aliphatic heterocycles. The minimum absolute atomic E-state index is 0.164. The topological polar surface area (TPSA) is 21.3 Å². The Labute approximate surface area is 112 Å². The van der Waals surface area contributed by atoms with E-state index in [-0.39, 0.29) is 11.6 Å². The highest BCUT2D eigenvalue weighted by molar-refractivity contribution is 5.23. The lowest BCUT2D eigenvalue weighted by atomic mass is 10.0. The Kier molecular flexibility index (Phi) is 6.87. The molecule has 1 aromatic carbocycles. The maximum atomic E-state index is 13.7. The van der Waals surface area contributed by atoms with Crippen LogP contribution in [-0.4, -0.2) is 19.8 Å². The van der Waals surface area contributed by atoms with Crippen molar-refractivity contribution in [2.75, 3.05) is 19.8 Å². The highest BCUT2D eigenvalue weighted by Gasteiger charge is 2.19. The Balaban J connectivity index is 2.78. The molecule has 0 heterocycles. The first-order valence-electron chi connectivity index (χ1n) is 6.56. The minimum Gasteiger partial charge on any atom is -0.382 e. The number of hydrogen-bond acceptors (Lipinski definition) is 2. The molecule has 1 atom stereocenters. The zero-order valence-corrected chi connectivity index (χ0v) is 11.3. The monoisotopic (exact) mass is 275 g/mol. The average molecular weight is 275 g/mol. The van der Waals surface area contributed by atoms with Gasteiger partial charge in [-0.3, -0.25) is 0 Å².